The largest absolute Gasteiger partial charge is 0.306 e. The lowest BCUT2D eigenvalue weighted by Crippen LogP contribution is -2.12. The van der Waals surface area contributed by atoms with Crippen molar-refractivity contribution in [2.24, 2.45) is 5.92 Å². The molecule has 1 rings (SSSR count). The van der Waals surface area contributed by atoms with Crippen LogP contribution in [0.4, 0.5) is 0 Å². The van der Waals surface area contributed by atoms with E-state index in [1.54, 1.807) is 0 Å². The van der Waals surface area contributed by atoms with Crippen LogP contribution in [0.3, 0.4) is 0 Å². The van der Waals surface area contributed by atoms with Crippen molar-refractivity contribution in [1.82, 2.24) is 4.90 Å². The second-order valence-electron chi connectivity index (χ2n) is 2.31. The third kappa shape index (κ3) is 1.16. The van der Waals surface area contributed by atoms with Crippen molar-refractivity contribution in [3.63, 3.8) is 0 Å². The van der Waals surface area contributed by atoms with Gasteiger partial charge < -0.3 is 4.90 Å². The fourth-order valence-corrected chi connectivity index (χ4v) is 0.969. The van der Waals surface area contributed by atoms with Gasteiger partial charge in [-0.3, -0.25) is 0 Å². The van der Waals surface area contributed by atoms with Crippen LogP contribution in [0.2, 0.25) is 0 Å². The average Bonchev–Trinajstić information content (AvgIpc) is 1.87. The fraction of sp³-hybridized carbons (Fsp3) is 0.833. The van der Waals surface area contributed by atoms with Crippen molar-refractivity contribution in [2.75, 3.05) is 20.1 Å². The minimum absolute atomic E-state index is 0.449. The Bertz CT molecular complexity index is 53.2. The molecule has 7 heavy (non-hydrogen) atoms. The van der Waals surface area contributed by atoms with Gasteiger partial charge in [-0.1, -0.05) is 0 Å². The van der Waals surface area contributed by atoms with Gasteiger partial charge in [-0.15, -0.1) is 0 Å². The first kappa shape index (κ1) is 5.10. The zero-order chi connectivity index (χ0) is 5.28. The van der Waals surface area contributed by atoms with Crippen LogP contribution in [0, 0.1) is 12.8 Å². The van der Waals surface area contributed by atoms with Crippen LogP contribution in [0.25, 0.3) is 0 Å². The van der Waals surface area contributed by atoms with Gasteiger partial charge in [0.25, 0.3) is 0 Å². The minimum Gasteiger partial charge on any atom is -0.306 e. The summed E-state index contributed by atoms with van der Waals surface area (Å²) in [4.78, 5) is 2.25. The van der Waals surface area contributed by atoms with E-state index in [-0.39, 0.29) is 0 Å². The van der Waals surface area contributed by atoms with Crippen molar-refractivity contribution < 1.29 is 0 Å². The molecule has 40 valence electrons. The molecule has 1 aliphatic heterocycles. The molecule has 0 aromatic rings. The zero-order valence-electron chi connectivity index (χ0n) is 4.72. The predicted octanol–water partition coefficient (Wildman–Crippen LogP) is 0.649. The average molecular weight is 97.2 g/mol. The molecule has 2 radical (unpaired) electrons. The SMILES string of the molecule is [CH][C@H]1CCN(C)C1. The topological polar surface area (TPSA) is 3.24 Å². The minimum atomic E-state index is 0.449. The highest BCUT2D eigenvalue weighted by Crippen LogP contribution is 2.11. The number of rotatable bonds is 0. The van der Waals surface area contributed by atoms with Gasteiger partial charge in [-0.2, -0.15) is 0 Å². The molecule has 1 heteroatoms. The molecule has 1 atom stereocenters. The molecule has 0 N–H and O–H groups in total. The Balaban J connectivity index is 2.26. The van der Waals surface area contributed by atoms with E-state index >= 15 is 0 Å². The van der Waals surface area contributed by atoms with E-state index in [0.29, 0.717) is 5.92 Å². The van der Waals surface area contributed by atoms with Crippen LogP contribution >= 0.6 is 0 Å². The maximum absolute atomic E-state index is 5.58. The van der Waals surface area contributed by atoms with Gasteiger partial charge in [-0.05, 0) is 32.9 Å². The third-order valence-corrected chi connectivity index (χ3v) is 1.43. The van der Waals surface area contributed by atoms with Crippen LogP contribution in [-0.4, -0.2) is 25.0 Å². The zero-order valence-corrected chi connectivity index (χ0v) is 4.72. The Morgan fingerprint density at radius 2 is 2.43 bits per heavy atom. The second kappa shape index (κ2) is 1.83. The first-order chi connectivity index (χ1) is 3.29. The van der Waals surface area contributed by atoms with Gasteiger partial charge in [0.05, 0.1) is 0 Å². The maximum atomic E-state index is 5.58. The molecule has 0 amide bonds. The molecule has 0 aliphatic carbocycles. The van der Waals surface area contributed by atoms with Crippen LogP contribution in [-0.2, 0) is 0 Å². The molecule has 0 bridgehead atoms. The van der Waals surface area contributed by atoms with E-state index < -0.39 is 0 Å². The predicted molar refractivity (Wildman–Crippen MR) is 29.9 cm³/mol. The van der Waals surface area contributed by atoms with E-state index in [4.69, 9.17) is 6.92 Å². The third-order valence-electron chi connectivity index (χ3n) is 1.43. The van der Waals surface area contributed by atoms with E-state index in [2.05, 4.69) is 11.9 Å². The number of likely N-dealkylation sites (tertiary alicyclic amines) is 1. The summed E-state index contributed by atoms with van der Waals surface area (Å²) in [7, 11) is 2.10. The molecule has 1 heterocycles. The number of hydrogen-bond acceptors (Lipinski definition) is 1. The number of nitrogens with zero attached hydrogens (tertiary/aromatic N) is 1. The normalized spacial score (nSPS) is 34.3. The standard InChI is InChI=1S/C6H11N/c1-6-3-4-7(2)5-6/h1,6H,3-5H2,2H3/t6-/m0/s1. The Labute approximate surface area is 45.3 Å². The lowest BCUT2D eigenvalue weighted by atomic mass is 10.2. The van der Waals surface area contributed by atoms with Gasteiger partial charge >= 0.3 is 0 Å². The number of hydrogen-bond donors (Lipinski definition) is 0. The first-order valence-corrected chi connectivity index (χ1v) is 2.73. The molecule has 1 fully saturated rings. The van der Waals surface area contributed by atoms with E-state index in [1.165, 1.54) is 13.0 Å². The molecule has 1 aliphatic rings. The van der Waals surface area contributed by atoms with Gasteiger partial charge in [0.2, 0.25) is 0 Å². The lowest BCUT2D eigenvalue weighted by Gasteiger charge is -2.03. The van der Waals surface area contributed by atoms with Crippen molar-refractivity contribution in [3.8, 4) is 0 Å². The van der Waals surface area contributed by atoms with E-state index in [9.17, 15) is 0 Å². The Morgan fingerprint density at radius 3 is 2.57 bits per heavy atom. The van der Waals surface area contributed by atoms with Crippen molar-refractivity contribution in [2.45, 2.75) is 6.42 Å². The quantitative estimate of drug-likeness (QED) is 0.429. The molecular weight excluding hydrogens is 86.1 g/mol. The van der Waals surface area contributed by atoms with Crippen LogP contribution in [0.15, 0.2) is 0 Å². The summed E-state index contributed by atoms with van der Waals surface area (Å²) in [5, 5.41) is 0. The van der Waals surface area contributed by atoms with Gasteiger partial charge in [0, 0.05) is 6.54 Å². The summed E-state index contributed by atoms with van der Waals surface area (Å²) in [6.07, 6.45) is 1.18. The summed E-state index contributed by atoms with van der Waals surface area (Å²) >= 11 is 0. The highest BCUT2D eigenvalue weighted by Gasteiger charge is 2.13. The van der Waals surface area contributed by atoms with Crippen molar-refractivity contribution in [1.29, 1.82) is 0 Å². The second-order valence-corrected chi connectivity index (χ2v) is 2.31. The van der Waals surface area contributed by atoms with Crippen LogP contribution in [0.5, 0.6) is 0 Å². The maximum Gasteiger partial charge on any atom is 0.000995 e. The highest BCUT2D eigenvalue weighted by atomic mass is 15.1. The first-order valence-electron chi connectivity index (χ1n) is 2.73. The Morgan fingerprint density at radius 1 is 1.71 bits per heavy atom. The van der Waals surface area contributed by atoms with E-state index in [1.807, 2.05) is 0 Å². The summed E-state index contributed by atoms with van der Waals surface area (Å²) in [5.74, 6) is 0.449. The highest BCUT2D eigenvalue weighted by molar-refractivity contribution is 4.73. The summed E-state index contributed by atoms with van der Waals surface area (Å²) in [6.45, 7) is 7.85. The van der Waals surface area contributed by atoms with Crippen LogP contribution < -0.4 is 0 Å². The summed E-state index contributed by atoms with van der Waals surface area (Å²) in [6, 6.07) is 0. The van der Waals surface area contributed by atoms with Gasteiger partial charge in [-0.25, -0.2) is 0 Å². The van der Waals surface area contributed by atoms with Gasteiger partial charge in [0.15, 0.2) is 0 Å². The van der Waals surface area contributed by atoms with Gasteiger partial charge in [0.1, 0.15) is 0 Å². The Kier molecular flexibility index (Phi) is 1.33. The summed E-state index contributed by atoms with van der Waals surface area (Å²) < 4.78 is 0. The molecule has 0 spiro atoms. The molecule has 1 saturated heterocycles. The molecule has 0 aromatic carbocycles. The van der Waals surface area contributed by atoms with E-state index in [0.717, 1.165) is 6.54 Å². The molecule has 1 nitrogen and oxygen atoms in total. The monoisotopic (exact) mass is 97.1 g/mol. The lowest BCUT2D eigenvalue weighted by molar-refractivity contribution is 0.407. The van der Waals surface area contributed by atoms with Crippen molar-refractivity contribution in [3.05, 3.63) is 6.92 Å². The molecule has 0 unspecified atom stereocenters. The van der Waals surface area contributed by atoms with Crippen molar-refractivity contribution >= 4 is 0 Å². The smallest absolute Gasteiger partial charge is 0.000995 e. The molecule has 0 aromatic heterocycles. The summed E-state index contributed by atoms with van der Waals surface area (Å²) in [5.41, 5.74) is 0. The molecular formula is C6H11N. The molecule has 0 saturated carbocycles. The van der Waals surface area contributed by atoms with Crippen LogP contribution in [0.1, 0.15) is 6.42 Å². The fourth-order valence-electron chi connectivity index (χ4n) is 0.969. The Hall–Kier alpha value is -0.0400.